The number of anilines is 2. The van der Waals surface area contributed by atoms with Crippen LogP contribution in [0.15, 0.2) is 6.07 Å². The van der Waals surface area contributed by atoms with Crippen molar-refractivity contribution >= 4 is 11.6 Å². The summed E-state index contributed by atoms with van der Waals surface area (Å²) in [6.07, 6.45) is 0. The second-order valence-corrected chi connectivity index (χ2v) is 5.28. The molecule has 0 saturated heterocycles. The Kier molecular flexibility index (Phi) is 5.98. The summed E-state index contributed by atoms with van der Waals surface area (Å²) < 4.78 is 10.3. The maximum Gasteiger partial charge on any atom is 0.138 e. The lowest BCUT2D eigenvalue weighted by Crippen LogP contribution is -2.19. The number of ether oxygens (including phenoxy) is 2. The second-order valence-electron chi connectivity index (χ2n) is 5.28. The first kappa shape index (κ1) is 15.7. The molecule has 3 N–H and O–H groups in total. The summed E-state index contributed by atoms with van der Waals surface area (Å²) >= 11 is 0. The van der Waals surface area contributed by atoms with Gasteiger partial charge in [0.25, 0.3) is 0 Å². The lowest BCUT2D eigenvalue weighted by atomic mass is 9.96. The van der Waals surface area contributed by atoms with Crippen molar-refractivity contribution in [3.63, 3.8) is 0 Å². The Labute approximate surface area is 114 Å². The molecule has 0 radical (unpaired) electrons. The zero-order valence-electron chi connectivity index (χ0n) is 12.2. The number of nitrogen functional groups attached to an aromatic ring is 1. The number of nitrogens with two attached hydrogens (primary N) is 1. The van der Waals surface area contributed by atoms with Gasteiger partial charge in [-0.25, -0.2) is 9.97 Å². The largest absolute Gasteiger partial charge is 0.384 e. The average molecular weight is 268 g/mol. The van der Waals surface area contributed by atoms with Crippen molar-refractivity contribution in [1.82, 2.24) is 9.97 Å². The van der Waals surface area contributed by atoms with Crippen molar-refractivity contribution in [3.05, 3.63) is 11.9 Å². The Morgan fingerprint density at radius 3 is 2.58 bits per heavy atom. The molecule has 19 heavy (non-hydrogen) atoms. The number of methoxy groups -OCH3 is 1. The van der Waals surface area contributed by atoms with Crippen molar-refractivity contribution in [2.45, 2.75) is 26.2 Å². The summed E-state index contributed by atoms with van der Waals surface area (Å²) in [6, 6.07) is 1.73. The molecule has 0 amide bonds. The minimum Gasteiger partial charge on any atom is -0.384 e. The van der Waals surface area contributed by atoms with Gasteiger partial charge in [-0.3, -0.25) is 0 Å². The Hall–Kier alpha value is -1.40. The molecule has 6 nitrogen and oxygen atoms in total. The van der Waals surface area contributed by atoms with Crippen LogP contribution in [0.2, 0.25) is 0 Å². The van der Waals surface area contributed by atoms with E-state index in [1.807, 2.05) is 0 Å². The average Bonchev–Trinajstić information content (AvgIpc) is 2.32. The third kappa shape index (κ3) is 5.85. The molecule has 0 unspecified atom stereocenters. The first-order valence-electron chi connectivity index (χ1n) is 6.39. The van der Waals surface area contributed by atoms with Crippen LogP contribution in [0.25, 0.3) is 0 Å². The van der Waals surface area contributed by atoms with Crippen LogP contribution in [0.3, 0.4) is 0 Å². The number of rotatable bonds is 7. The smallest absolute Gasteiger partial charge is 0.138 e. The molecule has 1 aromatic rings. The quantitative estimate of drug-likeness (QED) is 0.728. The number of hydrogen-bond donors (Lipinski definition) is 2. The van der Waals surface area contributed by atoms with Crippen molar-refractivity contribution in [3.8, 4) is 0 Å². The summed E-state index contributed by atoms with van der Waals surface area (Å²) in [4.78, 5) is 8.71. The van der Waals surface area contributed by atoms with E-state index < -0.39 is 0 Å². The zero-order chi connectivity index (χ0) is 14.3. The number of nitrogens with zero attached hydrogens (tertiary/aromatic N) is 2. The molecular formula is C13H24N4O2. The van der Waals surface area contributed by atoms with Gasteiger partial charge in [0.2, 0.25) is 0 Å². The fourth-order valence-electron chi connectivity index (χ4n) is 1.39. The van der Waals surface area contributed by atoms with E-state index in [0.717, 1.165) is 11.6 Å². The van der Waals surface area contributed by atoms with Crippen molar-refractivity contribution in [2.24, 2.45) is 0 Å². The van der Waals surface area contributed by atoms with Crippen LogP contribution in [0.4, 0.5) is 11.6 Å². The zero-order valence-corrected chi connectivity index (χ0v) is 12.2. The van der Waals surface area contributed by atoms with Gasteiger partial charge in [0, 0.05) is 25.1 Å². The fourth-order valence-corrected chi connectivity index (χ4v) is 1.39. The molecule has 0 aliphatic rings. The maximum absolute atomic E-state index is 5.79. The Morgan fingerprint density at radius 2 is 1.95 bits per heavy atom. The summed E-state index contributed by atoms with van der Waals surface area (Å²) in [5, 5.41) is 3.18. The van der Waals surface area contributed by atoms with E-state index in [0.29, 0.717) is 32.2 Å². The van der Waals surface area contributed by atoms with Gasteiger partial charge in [-0.05, 0) is 0 Å². The molecule has 1 heterocycles. The molecule has 0 atom stereocenters. The van der Waals surface area contributed by atoms with E-state index in [9.17, 15) is 0 Å². The minimum absolute atomic E-state index is 0.124. The van der Waals surface area contributed by atoms with Crippen molar-refractivity contribution in [1.29, 1.82) is 0 Å². The molecule has 0 fully saturated rings. The van der Waals surface area contributed by atoms with Gasteiger partial charge in [-0.2, -0.15) is 0 Å². The summed E-state index contributed by atoms with van der Waals surface area (Å²) in [5.41, 5.74) is 5.66. The highest BCUT2D eigenvalue weighted by atomic mass is 16.5. The van der Waals surface area contributed by atoms with Crippen LogP contribution in [0, 0.1) is 0 Å². The van der Waals surface area contributed by atoms with Gasteiger partial charge in [-0.1, -0.05) is 20.8 Å². The lowest BCUT2D eigenvalue weighted by Gasteiger charge is -2.18. The van der Waals surface area contributed by atoms with Crippen LogP contribution >= 0.6 is 0 Å². The normalized spacial score (nSPS) is 11.6. The van der Waals surface area contributed by atoms with Gasteiger partial charge in [0.1, 0.15) is 17.5 Å². The van der Waals surface area contributed by atoms with E-state index in [1.54, 1.807) is 13.2 Å². The minimum atomic E-state index is -0.124. The summed E-state index contributed by atoms with van der Waals surface area (Å²) in [6.45, 7) is 8.63. The highest BCUT2D eigenvalue weighted by Crippen LogP contribution is 2.20. The highest BCUT2D eigenvalue weighted by molar-refractivity contribution is 5.45. The van der Waals surface area contributed by atoms with Gasteiger partial charge in [-0.15, -0.1) is 0 Å². The molecule has 0 aromatic carbocycles. The van der Waals surface area contributed by atoms with Crippen molar-refractivity contribution in [2.75, 3.05) is 44.5 Å². The van der Waals surface area contributed by atoms with E-state index in [1.165, 1.54) is 0 Å². The molecule has 1 aromatic heterocycles. The molecule has 0 aliphatic heterocycles. The highest BCUT2D eigenvalue weighted by Gasteiger charge is 2.18. The summed E-state index contributed by atoms with van der Waals surface area (Å²) in [5.74, 6) is 1.94. The topological polar surface area (TPSA) is 82.3 Å². The molecular weight excluding hydrogens is 244 g/mol. The van der Waals surface area contributed by atoms with E-state index in [4.69, 9.17) is 15.2 Å². The molecule has 1 rings (SSSR count). The maximum atomic E-state index is 5.79. The third-order valence-corrected chi connectivity index (χ3v) is 2.40. The number of aromatic nitrogens is 2. The fraction of sp³-hybridized carbons (Fsp3) is 0.692. The van der Waals surface area contributed by atoms with E-state index >= 15 is 0 Å². The van der Waals surface area contributed by atoms with Crippen LogP contribution in [-0.4, -0.2) is 43.4 Å². The molecule has 0 spiro atoms. The van der Waals surface area contributed by atoms with Gasteiger partial charge >= 0.3 is 0 Å². The molecule has 0 bridgehead atoms. The first-order valence-corrected chi connectivity index (χ1v) is 6.39. The standard InChI is InChI=1S/C13H24N4O2/c1-13(2,3)12-16-10(14)9-11(17-12)15-5-6-19-8-7-18-4/h9H,5-8H2,1-4H3,(H3,14,15,16,17). The monoisotopic (exact) mass is 268 g/mol. The number of nitrogens with one attached hydrogen (secondary N) is 1. The van der Waals surface area contributed by atoms with E-state index in [2.05, 4.69) is 36.1 Å². The third-order valence-electron chi connectivity index (χ3n) is 2.40. The summed E-state index contributed by atoms with van der Waals surface area (Å²) in [7, 11) is 1.65. The first-order chi connectivity index (χ1) is 8.93. The predicted molar refractivity (Wildman–Crippen MR) is 76.3 cm³/mol. The molecule has 6 heteroatoms. The lowest BCUT2D eigenvalue weighted by molar-refractivity contribution is 0.0759. The van der Waals surface area contributed by atoms with Crippen LogP contribution in [-0.2, 0) is 14.9 Å². The Balaban J connectivity index is 2.48. The van der Waals surface area contributed by atoms with Crippen LogP contribution < -0.4 is 11.1 Å². The molecule has 0 aliphatic carbocycles. The molecule has 0 saturated carbocycles. The predicted octanol–water partition coefficient (Wildman–Crippen LogP) is 1.43. The van der Waals surface area contributed by atoms with Crippen LogP contribution in [0.1, 0.15) is 26.6 Å². The van der Waals surface area contributed by atoms with Crippen molar-refractivity contribution < 1.29 is 9.47 Å². The van der Waals surface area contributed by atoms with Gasteiger partial charge in [0.05, 0.1) is 19.8 Å². The number of hydrogen-bond acceptors (Lipinski definition) is 6. The SMILES string of the molecule is COCCOCCNc1cc(N)nc(C(C)(C)C)n1. The van der Waals surface area contributed by atoms with Gasteiger partial charge in [0.15, 0.2) is 0 Å². The molecule has 108 valence electrons. The van der Waals surface area contributed by atoms with E-state index in [-0.39, 0.29) is 5.41 Å². The Bertz CT molecular complexity index is 391. The van der Waals surface area contributed by atoms with Gasteiger partial charge < -0.3 is 20.5 Å². The second kappa shape index (κ2) is 7.25. The van der Waals surface area contributed by atoms with Crippen LogP contribution in [0.5, 0.6) is 0 Å². The Morgan fingerprint density at radius 1 is 1.21 bits per heavy atom.